The number of aliphatic imine (C=N–C) groups is 1. The summed E-state index contributed by atoms with van der Waals surface area (Å²) < 4.78 is 91.7. The van der Waals surface area contributed by atoms with Crippen molar-refractivity contribution in [3.8, 4) is 0 Å². The minimum atomic E-state index is -2.64. The molecule has 58 heavy (non-hydrogen) atoms. The number of benzene rings is 1. The predicted octanol–water partition coefficient (Wildman–Crippen LogP) is 7.17. The highest BCUT2D eigenvalue weighted by Crippen LogP contribution is 2.66. The zero-order valence-corrected chi connectivity index (χ0v) is 33.8. The molecule has 5 aliphatic rings. The van der Waals surface area contributed by atoms with Gasteiger partial charge in [-0.2, -0.15) is 0 Å². The third-order valence-electron chi connectivity index (χ3n) is 11.8. The van der Waals surface area contributed by atoms with Crippen LogP contribution in [0, 0.1) is 23.1 Å². The molecule has 1 aromatic carbocycles. The van der Waals surface area contributed by atoms with Gasteiger partial charge in [0.15, 0.2) is 6.29 Å². The molecular weight excluding hydrogens is 773 g/mol. The zero-order valence-electron chi connectivity index (χ0n) is 33.8. The summed E-state index contributed by atoms with van der Waals surface area (Å²) in [4.78, 5) is 50.7. The third-order valence-corrected chi connectivity index (χ3v) is 11.8. The van der Waals surface area contributed by atoms with Crippen LogP contribution in [-0.2, 0) is 24.6 Å². The number of likely N-dealkylation sites (tertiary alicyclic amines) is 1. The highest BCUT2D eigenvalue weighted by molar-refractivity contribution is 6.33. The Kier molecular flexibility index (Phi) is 17.3. The van der Waals surface area contributed by atoms with Gasteiger partial charge in [-0.05, 0) is 94.3 Å². The van der Waals surface area contributed by atoms with Gasteiger partial charge >= 0.3 is 0 Å². The fraction of sp³-hybridized carbons (Fsp3) is 0.683. The summed E-state index contributed by atoms with van der Waals surface area (Å²) in [5.41, 5.74) is 4.13. The highest BCUT2D eigenvalue weighted by atomic mass is 19.3. The quantitative estimate of drug-likeness (QED) is 0.0943. The number of nitrogens with one attached hydrogen (secondary N) is 3. The molecule has 1 spiro atoms. The number of anilines is 1. The van der Waals surface area contributed by atoms with Crippen molar-refractivity contribution in [2.24, 2.45) is 28.0 Å². The van der Waals surface area contributed by atoms with Gasteiger partial charge < -0.3 is 26.6 Å². The number of alkyl halides is 6. The van der Waals surface area contributed by atoms with Gasteiger partial charge in [0.25, 0.3) is 5.92 Å². The van der Waals surface area contributed by atoms with E-state index in [1.807, 2.05) is 7.05 Å². The summed E-state index contributed by atoms with van der Waals surface area (Å²) in [6, 6.07) is 3.80. The summed E-state index contributed by atoms with van der Waals surface area (Å²) in [5, 5.41) is 7.96. The lowest BCUT2D eigenvalue weighted by Gasteiger charge is -2.36. The Morgan fingerprint density at radius 3 is 1.97 bits per heavy atom. The van der Waals surface area contributed by atoms with Crippen molar-refractivity contribution >= 4 is 36.4 Å². The molecule has 5 fully saturated rings. The largest absolute Gasteiger partial charge is 0.405 e. The van der Waals surface area contributed by atoms with Gasteiger partial charge in [-0.15, -0.1) is 0 Å². The average molecular weight is 833 g/mol. The molecule has 10 nitrogen and oxygen atoms in total. The first kappa shape index (κ1) is 48.3. The van der Waals surface area contributed by atoms with Crippen LogP contribution in [0.25, 0.3) is 0 Å². The number of rotatable bonds is 13. The molecule has 1 aliphatic heterocycles. The summed E-state index contributed by atoms with van der Waals surface area (Å²) in [7, 11) is 1.89. The number of allylic oxidation sites excluding steroid dienone is 1. The van der Waals surface area contributed by atoms with Crippen molar-refractivity contribution in [1.29, 1.82) is 0 Å². The molecule has 4 saturated carbocycles. The van der Waals surface area contributed by atoms with Crippen LogP contribution in [0.2, 0.25) is 0 Å². The van der Waals surface area contributed by atoms with E-state index in [1.54, 1.807) is 6.07 Å². The van der Waals surface area contributed by atoms with Crippen molar-refractivity contribution in [3.05, 3.63) is 41.9 Å². The smallest absolute Gasteiger partial charge is 0.254 e. The summed E-state index contributed by atoms with van der Waals surface area (Å²) >= 11 is 0. The minimum absolute atomic E-state index is 0.0254. The lowest BCUT2D eigenvalue weighted by atomic mass is 9.81. The molecule has 2 unspecified atom stereocenters. The monoisotopic (exact) mass is 832 g/mol. The number of halogens is 7. The first-order valence-electron chi connectivity index (χ1n) is 20.0. The predicted molar refractivity (Wildman–Crippen MR) is 209 cm³/mol. The minimum Gasteiger partial charge on any atom is -0.405 e. The van der Waals surface area contributed by atoms with Crippen LogP contribution in [0.4, 0.5) is 36.4 Å². The Morgan fingerprint density at radius 2 is 1.53 bits per heavy atom. The fourth-order valence-corrected chi connectivity index (χ4v) is 7.85. The molecule has 5 N–H and O–H groups in total. The van der Waals surface area contributed by atoms with E-state index in [0.29, 0.717) is 62.3 Å². The van der Waals surface area contributed by atoms with Crippen molar-refractivity contribution in [3.63, 3.8) is 0 Å². The molecule has 1 aromatic rings. The van der Waals surface area contributed by atoms with Gasteiger partial charge in [0, 0.05) is 68.6 Å². The number of nitrogens with two attached hydrogens (primary N) is 1. The van der Waals surface area contributed by atoms with E-state index in [1.165, 1.54) is 35.7 Å². The van der Waals surface area contributed by atoms with Crippen molar-refractivity contribution in [2.75, 3.05) is 32.0 Å². The second kappa shape index (κ2) is 20.8. The number of hydrogen-bond donors (Lipinski definition) is 4. The number of aldehydes is 1. The van der Waals surface area contributed by atoms with Gasteiger partial charge in [0.1, 0.15) is 11.9 Å². The van der Waals surface area contributed by atoms with Gasteiger partial charge in [-0.3, -0.25) is 24.2 Å². The molecule has 2 atom stereocenters. The number of hydrogen-bond acceptors (Lipinski definition) is 7. The summed E-state index contributed by atoms with van der Waals surface area (Å²) in [6.45, 7) is 7.03. The average Bonchev–Trinajstić information content (AvgIpc) is 4.07. The standard InChI is InChI=1S/C20H22F3N3O3.C9H12F2N2O.C9H17F2N.C3H8/c21-14-9-13(1-2-15(14)24-11-27)19(3-4-19)16(25-12-28)17(29)26-7-5-18(6-8-26)10-20(18,22)23;10-9(11)3-7(4-9)5-13-8(6-14)1-2-12;1-7(12-2)8-3-5-9(10,11)6-4-8;1-3-2/h1-2,9,11-12,16H,3-8,10H2,(H,24,27)(H,25,28);1-2,6-7H,3-5,12H2;7-8,12H,3-6H2,1-2H3;3H2,1-2H3/b;2-1-,13-8?;;. The Labute approximate surface area is 336 Å². The molecular formula is C41H59F7N6O4. The number of piperidine rings is 1. The molecule has 0 aromatic heterocycles. The van der Waals surface area contributed by atoms with E-state index in [0.717, 1.165) is 0 Å². The molecule has 3 amide bonds. The van der Waals surface area contributed by atoms with Crippen LogP contribution < -0.4 is 21.7 Å². The van der Waals surface area contributed by atoms with Crippen molar-refractivity contribution in [2.45, 2.75) is 133 Å². The van der Waals surface area contributed by atoms with E-state index in [9.17, 15) is 49.9 Å². The Hall–Kier alpha value is -4.02. The first-order valence-corrected chi connectivity index (χ1v) is 20.0. The molecule has 17 heteroatoms. The van der Waals surface area contributed by atoms with Gasteiger partial charge in [-0.1, -0.05) is 26.3 Å². The Morgan fingerprint density at radius 1 is 0.948 bits per heavy atom. The van der Waals surface area contributed by atoms with E-state index >= 15 is 0 Å². The SMILES string of the molecule is CCC.CNC(C)C1CCC(F)(F)CC1.N/C=C\C(C=O)=NCC1CC(F)(F)C1.O=CNc1ccc(C2(C(NC=O)C(=O)N3CCC4(CC3)CC4(F)F)CC2)cc1F. The fourth-order valence-electron chi connectivity index (χ4n) is 7.85. The normalized spacial score (nSPS) is 23.2. The van der Waals surface area contributed by atoms with E-state index in [-0.39, 0.29) is 87.8 Å². The number of amides is 3. The Balaban J connectivity index is 0.000000258. The zero-order chi connectivity index (χ0) is 43.4. The lowest BCUT2D eigenvalue weighted by molar-refractivity contribution is -0.138. The number of nitrogens with zero attached hydrogens (tertiary/aromatic N) is 2. The summed E-state index contributed by atoms with van der Waals surface area (Å²) in [6.07, 6.45) is 7.91. The van der Waals surface area contributed by atoms with Gasteiger partial charge in [-0.25, -0.2) is 30.7 Å². The molecule has 1 heterocycles. The summed E-state index contributed by atoms with van der Waals surface area (Å²) in [5.74, 6) is -8.18. The maximum atomic E-state index is 14.3. The van der Waals surface area contributed by atoms with E-state index in [4.69, 9.17) is 5.73 Å². The molecule has 0 radical (unpaired) electrons. The van der Waals surface area contributed by atoms with Crippen LogP contribution in [0.15, 0.2) is 35.5 Å². The van der Waals surface area contributed by atoms with Crippen molar-refractivity contribution < 1.29 is 49.9 Å². The van der Waals surface area contributed by atoms with Crippen LogP contribution in [0.1, 0.15) is 103 Å². The molecule has 326 valence electrons. The first-order chi connectivity index (χ1) is 27.3. The number of carbonyl (C=O) groups excluding carboxylic acids is 4. The van der Waals surface area contributed by atoms with Crippen LogP contribution in [0.5, 0.6) is 0 Å². The molecule has 1 saturated heterocycles. The molecule has 6 rings (SSSR count). The van der Waals surface area contributed by atoms with Gasteiger partial charge in [0.2, 0.25) is 30.6 Å². The third kappa shape index (κ3) is 12.7. The maximum absolute atomic E-state index is 14.3. The molecule has 4 aliphatic carbocycles. The van der Waals surface area contributed by atoms with Gasteiger partial charge in [0.05, 0.1) is 11.4 Å². The maximum Gasteiger partial charge on any atom is 0.254 e. The Bertz CT molecular complexity index is 1580. The van der Waals surface area contributed by atoms with Crippen molar-refractivity contribution in [1.82, 2.24) is 15.5 Å². The molecule has 0 bridgehead atoms. The lowest BCUT2D eigenvalue weighted by Crippen LogP contribution is -2.54. The highest BCUT2D eigenvalue weighted by Gasteiger charge is 2.71. The van der Waals surface area contributed by atoms with E-state index in [2.05, 4.69) is 41.7 Å². The topological polar surface area (TPSA) is 146 Å². The van der Waals surface area contributed by atoms with Crippen LogP contribution >= 0.6 is 0 Å². The number of carbonyl (C=O) groups is 4. The van der Waals surface area contributed by atoms with Crippen LogP contribution in [0.3, 0.4) is 0 Å². The second-order valence-corrected chi connectivity index (χ2v) is 16.2. The second-order valence-electron chi connectivity index (χ2n) is 16.2. The van der Waals surface area contributed by atoms with E-state index < -0.39 is 40.5 Å². The van der Waals surface area contributed by atoms with Crippen LogP contribution in [-0.4, -0.2) is 92.2 Å².